The maximum atomic E-state index is 12.1. The first-order valence-corrected chi connectivity index (χ1v) is 7.75. The molecule has 1 saturated heterocycles. The van der Waals surface area contributed by atoms with Crippen LogP contribution in [0.5, 0.6) is 0 Å². The third-order valence-corrected chi connectivity index (χ3v) is 3.21. The maximum Gasteiger partial charge on any atom is 0.412 e. The summed E-state index contributed by atoms with van der Waals surface area (Å²) in [5.74, 6) is 0.0859. The van der Waals surface area contributed by atoms with E-state index in [0.717, 1.165) is 5.75 Å². The molecule has 5 nitrogen and oxygen atoms in total. The fourth-order valence-electron chi connectivity index (χ4n) is 1.86. The van der Waals surface area contributed by atoms with E-state index >= 15 is 0 Å². The highest BCUT2D eigenvalue weighted by Gasteiger charge is 2.45. The number of amides is 1. The van der Waals surface area contributed by atoms with Crippen molar-refractivity contribution in [1.82, 2.24) is 4.90 Å². The molecule has 1 rings (SSSR count). The van der Waals surface area contributed by atoms with Crippen LogP contribution in [0.15, 0.2) is 0 Å². The van der Waals surface area contributed by atoms with Crippen LogP contribution in [0.2, 0.25) is 0 Å². The summed E-state index contributed by atoms with van der Waals surface area (Å²) in [4.78, 5) is 13.5. The van der Waals surface area contributed by atoms with Gasteiger partial charge in [0.2, 0.25) is 0 Å². The Morgan fingerprint density at radius 2 is 1.95 bits per heavy atom. The van der Waals surface area contributed by atoms with Crippen molar-refractivity contribution in [2.75, 3.05) is 19.1 Å². The van der Waals surface area contributed by atoms with E-state index in [2.05, 4.69) is 0 Å². The first-order chi connectivity index (χ1) is 8.56. The molecule has 0 aromatic rings. The number of rotatable bonds is 3. The first kappa shape index (κ1) is 16.6. The maximum absolute atomic E-state index is 12.1. The van der Waals surface area contributed by atoms with Crippen LogP contribution in [-0.2, 0) is 14.2 Å². The Labute approximate surface area is 119 Å². The number of nitrogens with zero attached hydrogens (tertiary/aromatic N) is 1. The summed E-state index contributed by atoms with van der Waals surface area (Å²) in [5.41, 5.74) is -0.519. The third kappa shape index (κ3) is 4.85. The summed E-state index contributed by atoms with van der Waals surface area (Å²) >= 11 is 1.66. The predicted molar refractivity (Wildman–Crippen MR) is 76.2 cm³/mol. The van der Waals surface area contributed by atoms with Crippen molar-refractivity contribution in [2.45, 2.75) is 58.3 Å². The van der Waals surface area contributed by atoms with Gasteiger partial charge < -0.3 is 14.2 Å². The average Bonchev–Trinajstić information content (AvgIpc) is 2.50. The molecule has 1 aliphatic rings. The minimum absolute atomic E-state index is 0.150. The number of carbonyl (C=O) groups excluding carboxylic acids is 1. The van der Waals surface area contributed by atoms with E-state index in [4.69, 9.17) is 14.2 Å². The van der Waals surface area contributed by atoms with Gasteiger partial charge >= 0.3 is 6.09 Å². The highest BCUT2D eigenvalue weighted by atomic mass is 32.2. The van der Waals surface area contributed by atoms with Crippen LogP contribution >= 0.6 is 11.8 Å². The quantitative estimate of drug-likeness (QED) is 0.800. The number of hydrogen-bond acceptors (Lipinski definition) is 5. The molecule has 2 atom stereocenters. The topological polar surface area (TPSA) is 48.0 Å². The lowest BCUT2D eigenvalue weighted by molar-refractivity contribution is -0.157. The predicted octanol–water partition coefficient (Wildman–Crippen LogP) is 2.69. The number of ether oxygens (including phenoxy) is 3. The summed E-state index contributed by atoms with van der Waals surface area (Å²) in [6.07, 6.45) is 1.03. The Morgan fingerprint density at radius 1 is 1.37 bits per heavy atom. The van der Waals surface area contributed by atoms with E-state index < -0.39 is 23.7 Å². The van der Waals surface area contributed by atoms with Crippen LogP contribution < -0.4 is 0 Å². The van der Waals surface area contributed by atoms with E-state index in [1.807, 2.05) is 40.9 Å². The molecule has 0 radical (unpaired) electrons. The average molecular weight is 291 g/mol. The summed E-state index contributed by atoms with van der Waals surface area (Å²) in [6, 6.07) is 0. The molecular weight excluding hydrogens is 266 g/mol. The fourth-order valence-corrected chi connectivity index (χ4v) is 2.43. The lowest BCUT2D eigenvalue weighted by atomic mass is 10.2. The first-order valence-electron chi connectivity index (χ1n) is 6.36. The van der Waals surface area contributed by atoms with Gasteiger partial charge in [-0.05, 0) is 40.9 Å². The Morgan fingerprint density at radius 3 is 2.42 bits per heavy atom. The molecule has 1 fully saturated rings. The molecule has 0 aromatic carbocycles. The zero-order valence-electron chi connectivity index (χ0n) is 12.9. The lowest BCUT2D eigenvalue weighted by Crippen LogP contribution is -2.46. The van der Waals surface area contributed by atoms with Crippen molar-refractivity contribution in [3.63, 3.8) is 0 Å². The lowest BCUT2D eigenvalue weighted by Gasteiger charge is -2.30. The van der Waals surface area contributed by atoms with Crippen molar-refractivity contribution in [3.8, 4) is 0 Å². The van der Waals surface area contributed by atoms with Crippen molar-refractivity contribution in [3.05, 3.63) is 0 Å². The molecule has 0 aromatic heterocycles. The SMILES string of the molecule is CSC[C@H]1OC(C)(C)O[C@H]1N(C)C(=O)OC(C)(C)C. The van der Waals surface area contributed by atoms with Gasteiger partial charge in [-0.15, -0.1) is 0 Å². The van der Waals surface area contributed by atoms with Crippen LogP contribution in [0.25, 0.3) is 0 Å². The molecule has 0 saturated carbocycles. The zero-order valence-corrected chi connectivity index (χ0v) is 13.7. The number of hydrogen-bond donors (Lipinski definition) is 0. The summed E-state index contributed by atoms with van der Waals surface area (Å²) in [6.45, 7) is 9.22. The second kappa shape index (κ2) is 5.89. The second-order valence-electron chi connectivity index (χ2n) is 6.11. The summed E-state index contributed by atoms with van der Waals surface area (Å²) in [5, 5.41) is 0. The molecule has 1 aliphatic heterocycles. The van der Waals surface area contributed by atoms with Crippen LogP contribution in [-0.4, -0.2) is 53.8 Å². The van der Waals surface area contributed by atoms with Crippen molar-refractivity contribution < 1.29 is 19.0 Å². The molecule has 0 spiro atoms. The second-order valence-corrected chi connectivity index (χ2v) is 7.02. The number of carbonyl (C=O) groups is 1. The Bertz CT molecular complexity index is 327. The molecule has 1 heterocycles. The highest BCUT2D eigenvalue weighted by Crippen LogP contribution is 2.31. The summed E-state index contributed by atoms with van der Waals surface area (Å²) < 4.78 is 17.0. The molecule has 6 heteroatoms. The van der Waals surface area contributed by atoms with Crippen LogP contribution in [0.3, 0.4) is 0 Å². The van der Waals surface area contributed by atoms with Gasteiger partial charge in [0.1, 0.15) is 11.7 Å². The molecule has 0 aliphatic carbocycles. The Kier molecular flexibility index (Phi) is 5.15. The molecule has 0 N–H and O–H groups in total. The monoisotopic (exact) mass is 291 g/mol. The van der Waals surface area contributed by atoms with Crippen molar-refractivity contribution in [2.24, 2.45) is 0 Å². The van der Waals surface area contributed by atoms with Gasteiger partial charge in [0, 0.05) is 12.8 Å². The van der Waals surface area contributed by atoms with Gasteiger partial charge in [0.05, 0.1) is 0 Å². The fraction of sp³-hybridized carbons (Fsp3) is 0.923. The third-order valence-electron chi connectivity index (χ3n) is 2.55. The largest absolute Gasteiger partial charge is 0.444 e. The molecule has 1 amide bonds. The van der Waals surface area contributed by atoms with Gasteiger partial charge in [0.25, 0.3) is 0 Å². The van der Waals surface area contributed by atoms with Gasteiger partial charge in [-0.2, -0.15) is 11.8 Å². The zero-order chi connectivity index (χ0) is 14.8. The van der Waals surface area contributed by atoms with Crippen molar-refractivity contribution >= 4 is 17.9 Å². The van der Waals surface area contributed by atoms with E-state index in [0.29, 0.717) is 0 Å². The molecule has 0 bridgehead atoms. The Balaban J connectivity index is 2.73. The van der Waals surface area contributed by atoms with E-state index in [1.165, 1.54) is 4.90 Å². The van der Waals surface area contributed by atoms with Gasteiger partial charge in [-0.3, -0.25) is 4.90 Å². The van der Waals surface area contributed by atoms with Gasteiger partial charge in [-0.25, -0.2) is 4.79 Å². The van der Waals surface area contributed by atoms with E-state index in [-0.39, 0.29) is 6.10 Å². The summed E-state index contributed by atoms with van der Waals surface area (Å²) in [7, 11) is 1.68. The normalized spacial score (nSPS) is 26.3. The van der Waals surface area contributed by atoms with Gasteiger partial charge in [0.15, 0.2) is 12.0 Å². The minimum Gasteiger partial charge on any atom is -0.444 e. The number of likely N-dealkylation sites (N-methyl/N-ethyl adjacent to an activating group) is 1. The smallest absolute Gasteiger partial charge is 0.412 e. The van der Waals surface area contributed by atoms with Gasteiger partial charge in [-0.1, -0.05) is 0 Å². The van der Waals surface area contributed by atoms with Crippen LogP contribution in [0.4, 0.5) is 4.79 Å². The highest BCUT2D eigenvalue weighted by molar-refractivity contribution is 7.98. The Hall–Kier alpha value is -0.460. The van der Waals surface area contributed by atoms with Crippen LogP contribution in [0, 0.1) is 0 Å². The van der Waals surface area contributed by atoms with Crippen LogP contribution in [0.1, 0.15) is 34.6 Å². The molecular formula is C13H25NO4S. The minimum atomic E-state index is -0.679. The molecule has 0 unspecified atom stereocenters. The van der Waals surface area contributed by atoms with E-state index in [9.17, 15) is 4.79 Å². The number of thioether (sulfide) groups is 1. The van der Waals surface area contributed by atoms with E-state index in [1.54, 1.807) is 18.8 Å². The van der Waals surface area contributed by atoms with Crippen molar-refractivity contribution in [1.29, 1.82) is 0 Å². The standard InChI is InChI=1S/C13H25NO4S/c1-12(2,3)18-11(15)14(6)10-9(8-19-7)16-13(4,5)17-10/h9-10H,8H2,1-7H3/t9-,10-/m1/s1. The molecule has 112 valence electrons. The molecule has 19 heavy (non-hydrogen) atoms.